The molecule has 0 heterocycles. The Kier molecular flexibility index (Phi) is 15.6. The fourth-order valence-electron chi connectivity index (χ4n) is 4.20. The van der Waals surface area contributed by atoms with Crippen molar-refractivity contribution >= 4 is 23.8 Å². The highest BCUT2D eigenvalue weighted by atomic mass is 16.6. The second-order valence-electron chi connectivity index (χ2n) is 12.5. The van der Waals surface area contributed by atoms with E-state index in [9.17, 15) is 19.2 Å². The van der Waals surface area contributed by atoms with E-state index in [2.05, 4.69) is 11.4 Å². The number of hydrogen-bond acceptors (Lipinski definition) is 6. The van der Waals surface area contributed by atoms with E-state index in [0.29, 0.717) is 12.0 Å². The first-order chi connectivity index (χ1) is 18.7. The largest absolute Gasteiger partial charge is 0.481 e. The van der Waals surface area contributed by atoms with E-state index in [4.69, 9.17) is 14.6 Å². The van der Waals surface area contributed by atoms with Gasteiger partial charge in [-0.2, -0.15) is 0 Å². The van der Waals surface area contributed by atoms with Crippen molar-refractivity contribution in [1.29, 1.82) is 0 Å². The molecule has 0 aromatic heterocycles. The van der Waals surface area contributed by atoms with Crippen molar-refractivity contribution in [2.75, 3.05) is 0 Å². The van der Waals surface area contributed by atoms with Gasteiger partial charge in [-0.05, 0) is 84.9 Å². The summed E-state index contributed by atoms with van der Waals surface area (Å²) in [6.45, 7) is 10.8. The summed E-state index contributed by atoms with van der Waals surface area (Å²) in [4.78, 5) is 47.9. The van der Waals surface area contributed by atoms with Gasteiger partial charge in [0.05, 0.1) is 5.56 Å². The summed E-state index contributed by atoms with van der Waals surface area (Å²) in [6.07, 6.45) is 10.7. The molecule has 0 fully saturated rings. The van der Waals surface area contributed by atoms with E-state index in [1.807, 2.05) is 32.9 Å². The molecule has 0 aliphatic carbocycles. The molecule has 1 amide bonds. The van der Waals surface area contributed by atoms with Gasteiger partial charge in [0.1, 0.15) is 17.2 Å². The molecule has 0 radical (unpaired) electrons. The highest BCUT2D eigenvalue weighted by Gasteiger charge is 2.27. The molecule has 0 aliphatic heterocycles. The smallest absolute Gasteiger partial charge is 0.338 e. The third-order valence-corrected chi connectivity index (χ3v) is 6.10. The molecule has 1 rings (SSSR count). The van der Waals surface area contributed by atoms with Crippen molar-refractivity contribution in [2.24, 2.45) is 0 Å². The zero-order valence-corrected chi connectivity index (χ0v) is 25.5. The number of rotatable bonds is 18. The number of carboxylic acid groups (broad SMARTS) is 1. The maximum absolute atomic E-state index is 12.4. The molecule has 1 aromatic carbocycles. The molecule has 0 spiro atoms. The number of amides is 1. The minimum atomic E-state index is -1.02. The molecule has 0 bridgehead atoms. The van der Waals surface area contributed by atoms with E-state index in [1.165, 1.54) is 12.8 Å². The molecular formula is C32H51NO7. The Hall–Kier alpha value is -2.90. The van der Waals surface area contributed by atoms with Crippen molar-refractivity contribution in [3.05, 3.63) is 35.4 Å². The van der Waals surface area contributed by atoms with E-state index in [-0.39, 0.29) is 24.7 Å². The Morgan fingerprint density at radius 1 is 0.775 bits per heavy atom. The molecule has 0 unspecified atom stereocenters. The Morgan fingerprint density at radius 2 is 1.32 bits per heavy atom. The predicted octanol–water partition coefficient (Wildman–Crippen LogP) is 6.78. The number of carboxylic acids is 1. The lowest BCUT2D eigenvalue weighted by Gasteiger charge is -2.24. The van der Waals surface area contributed by atoms with Gasteiger partial charge < -0.3 is 19.9 Å². The van der Waals surface area contributed by atoms with Gasteiger partial charge in [-0.15, -0.1) is 0 Å². The average Bonchev–Trinajstić information content (AvgIpc) is 2.83. The van der Waals surface area contributed by atoms with Gasteiger partial charge in [-0.1, -0.05) is 57.1 Å². The quantitative estimate of drug-likeness (QED) is 0.150. The van der Waals surface area contributed by atoms with Crippen LogP contribution in [0.2, 0.25) is 0 Å². The number of aryl methyl sites for hydroxylation is 1. The van der Waals surface area contributed by atoms with Crippen LogP contribution in [0.1, 0.15) is 135 Å². The standard InChI is InChI=1S/C32H51NO7/c1-31(2,3)39-29(37)25-19-16-18-24(23-25)17-14-12-10-8-7-9-11-13-15-20-27(34)33-26(21-22-28(35)36)30(38)40-32(4,5)6/h16,18-19,23,26H,7-15,17,20-22H2,1-6H3,(H,33,34)(H,35,36)/t26-/m0/s1. The molecule has 40 heavy (non-hydrogen) atoms. The third-order valence-electron chi connectivity index (χ3n) is 6.10. The first-order valence-electron chi connectivity index (χ1n) is 14.7. The van der Waals surface area contributed by atoms with Crippen LogP contribution in [-0.4, -0.2) is 46.2 Å². The Bertz CT molecular complexity index is 943. The van der Waals surface area contributed by atoms with Crippen LogP contribution in [0.5, 0.6) is 0 Å². The summed E-state index contributed by atoms with van der Waals surface area (Å²) >= 11 is 0. The van der Waals surface area contributed by atoms with Crippen LogP contribution in [-0.2, 0) is 30.3 Å². The summed E-state index contributed by atoms with van der Waals surface area (Å²) in [5.74, 6) is -2.15. The maximum atomic E-state index is 12.4. The minimum Gasteiger partial charge on any atom is -0.481 e. The highest BCUT2D eigenvalue weighted by molar-refractivity contribution is 5.89. The van der Waals surface area contributed by atoms with Gasteiger partial charge >= 0.3 is 17.9 Å². The summed E-state index contributed by atoms with van der Waals surface area (Å²) in [5.41, 5.74) is 0.551. The van der Waals surface area contributed by atoms with Crippen LogP contribution in [0, 0.1) is 0 Å². The van der Waals surface area contributed by atoms with Gasteiger partial charge in [0.25, 0.3) is 0 Å². The molecule has 8 nitrogen and oxygen atoms in total. The second-order valence-corrected chi connectivity index (χ2v) is 12.5. The van der Waals surface area contributed by atoms with Crippen LogP contribution < -0.4 is 5.32 Å². The predicted molar refractivity (Wildman–Crippen MR) is 156 cm³/mol. The summed E-state index contributed by atoms with van der Waals surface area (Å²) in [5, 5.41) is 11.6. The van der Waals surface area contributed by atoms with Gasteiger partial charge in [-0.3, -0.25) is 9.59 Å². The maximum Gasteiger partial charge on any atom is 0.338 e. The fourth-order valence-corrected chi connectivity index (χ4v) is 4.20. The summed E-state index contributed by atoms with van der Waals surface area (Å²) in [6, 6.07) is 6.76. The van der Waals surface area contributed by atoms with Crippen molar-refractivity contribution in [3.8, 4) is 0 Å². The normalized spacial score (nSPS) is 12.4. The molecule has 0 aliphatic rings. The second kappa shape index (κ2) is 17.7. The number of esters is 2. The zero-order valence-electron chi connectivity index (χ0n) is 25.5. The van der Waals surface area contributed by atoms with Crippen molar-refractivity contribution in [1.82, 2.24) is 5.32 Å². The summed E-state index contributed by atoms with van der Waals surface area (Å²) in [7, 11) is 0. The van der Waals surface area contributed by atoms with Gasteiger partial charge in [0.15, 0.2) is 0 Å². The number of unbranched alkanes of at least 4 members (excludes halogenated alkanes) is 8. The molecule has 0 saturated heterocycles. The molecule has 1 atom stereocenters. The fraction of sp³-hybridized carbons (Fsp3) is 0.688. The number of carbonyl (C=O) groups excluding carboxylic acids is 3. The van der Waals surface area contributed by atoms with Crippen LogP contribution in [0.25, 0.3) is 0 Å². The minimum absolute atomic E-state index is 0.00839. The van der Waals surface area contributed by atoms with E-state index < -0.39 is 29.2 Å². The van der Waals surface area contributed by atoms with Crippen molar-refractivity contribution < 1.29 is 33.8 Å². The van der Waals surface area contributed by atoms with Gasteiger partial charge in [0, 0.05) is 12.8 Å². The van der Waals surface area contributed by atoms with Gasteiger partial charge in [-0.25, -0.2) is 9.59 Å². The van der Waals surface area contributed by atoms with Crippen LogP contribution in [0.4, 0.5) is 0 Å². The molecule has 226 valence electrons. The number of ether oxygens (including phenoxy) is 2. The number of aliphatic carboxylic acids is 1. The van der Waals surface area contributed by atoms with Gasteiger partial charge in [0.2, 0.25) is 5.91 Å². The molecular weight excluding hydrogens is 510 g/mol. The molecule has 1 aromatic rings. The molecule has 2 N–H and O–H groups in total. The lowest BCUT2D eigenvalue weighted by molar-refractivity contribution is -0.159. The molecule has 0 saturated carbocycles. The number of benzene rings is 1. The first-order valence-corrected chi connectivity index (χ1v) is 14.7. The Labute approximate surface area is 240 Å². The lowest BCUT2D eigenvalue weighted by atomic mass is 10.0. The third kappa shape index (κ3) is 17.6. The van der Waals surface area contributed by atoms with E-state index in [0.717, 1.165) is 56.9 Å². The van der Waals surface area contributed by atoms with Crippen LogP contribution in [0.3, 0.4) is 0 Å². The van der Waals surface area contributed by atoms with E-state index >= 15 is 0 Å². The number of carbonyl (C=O) groups is 4. The average molecular weight is 562 g/mol. The van der Waals surface area contributed by atoms with Crippen LogP contribution >= 0.6 is 0 Å². The topological polar surface area (TPSA) is 119 Å². The number of hydrogen-bond donors (Lipinski definition) is 2. The zero-order chi connectivity index (χ0) is 30.2. The Morgan fingerprint density at radius 3 is 1.88 bits per heavy atom. The van der Waals surface area contributed by atoms with Crippen LogP contribution in [0.15, 0.2) is 24.3 Å². The van der Waals surface area contributed by atoms with Crippen molar-refractivity contribution in [2.45, 2.75) is 142 Å². The van der Waals surface area contributed by atoms with E-state index in [1.54, 1.807) is 26.8 Å². The highest BCUT2D eigenvalue weighted by Crippen LogP contribution is 2.17. The van der Waals surface area contributed by atoms with Crippen molar-refractivity contribution in [3.63, 3.8) is 0 Å². The Balaban J connectivity index is 2.17. The first kappa shape index (κ1) is 35.1. The lowest BCUT2D eigenvalue weighted by Crippen LogP contribution is -2.44. The monoisotopic (exact) mass is 561 g/mol. The summed E-state index contributed by atoms with van der Waals surface area (Å²) < 4.78 is 10.8. The SMILES string of the molecule is CC(C)(C)OC(=O)c1cccc(CCCCCCCCCCCC(=O)N[C@@H](CCC(=O)O)C(=O)OC(C)(C)C)c1. The molecule has 8 heteroatoms. The number of nitrogens with one attached hydrogen (secondary N) is 1.